The number of para-hydroxylation sites is 1. The fourth-order valence-electron chi connectivity index (χ4n) is 3.14. The maximum atomic E-state index is 13.4. The summed E-state index contributed by atoms with van der Waals surface area (Å²) in [6.45, 7) is 6.19. The zero-order valence-electron chi connectivity index (χ0n) is 18.5. The van der Waals surface area contributed by atoms with Gasteiger partial charge in [-0.25, -0.2) is 4.98 Å². The van der Waals surface area contributed by atoms with Crippen LogP contribution in [0.15, 0.2) is 47.4 Å². The summed E-state index contributed by atoms with van der Waals surface area (Å²) in [5.41, 5.74) is 1.50. The Morgan fingerprint density at radius 1 is 1.10 bits per heavy atom. The first-order chi connectivity index (χ1) is 14.5. The normalized spacial score (nSPS) is 10.9. The molecule has 1 amide bonds. The predicted octanol–water partition coefficient (Wildman–Crippen LogP) is 5.83. The van der Waals surface area contributed by atoms with Gasteiger partial charge in [0.15, 0.2) is 5.13 Å². The maximum Gasteiger partial charge on any atom is 0.260 e. The van der Waals surface area contributed by atoms with Crippen molar-refractivity contribution in [2.24, 2.45) is 0 Å². The third-order valence-corrected chi connectivity index (χ3v) is 6.48. The van der Waals surface area contributed by atoms with Gasteiger partial charge < -0.3 is 9.64 Å². The Bertz CT molecular complexity index is 977. The highest BCUT2D eigenvalue weighted by Gasteiger charge is 2.22. The van der Waals surface area contributed by atoms with Crippen LogP contribution in [0.5, 0.6) is 5.75 Å². The zero-order valence-corrected chi connectivity index (χ0v) is 20.9. The van der Waals surface area contributed by atoms with Crippen LogP contribution >= 0.6 is 35.5 Å². The van der Waals surface area contributed by atoms with Crippen LogP contribution in [0.2, 0.25) is 0 Å². The Labute approximate surface area is 199 Å². The number of carbonyl (C=O) groups excluding carboxylic acids is 1. The molecule has 1 heterocycles. The number of thiazole rings is 1. The summed E-state index contributed by atoms with van der Waals surface area (Å²) in [4.78, 5) is 23.3. The lowest BCUT2D eigenvalue weighted by molar-refractivity contribution is 0.0986. The predicted molar refractivity (Wildman–Crippen MR) is 136 cm³/mol. The Hall–Kier alpha value is -1.80. The number of halogens is 1. The Balaban J connectivity index is 0.00000341. The smallest absolute Gasteiger partial charge is 0.260 e. The minimum absolute atomic E-state index is 0. The van der Waals surface area contributed by atoms with Gasteiger partial charge in [0.05, 0.1) is 11.3 Å². The minimum Gasteiger partial charge on any atom is -0.492 e. The average molecular weight is 480 g/mol. The molecule has 0 atom stereocenters. The lowest BCUT2D eigenvalue weighted by Gasteiger charge is -2.21. The number of rotatable bonds is 10. The van der Waals surface area contributed by atoms with Crippen molar-refractivity contribution >= 4 is 56.8 Å². The van der Waals surface area contributed by atoms with Crippen LogP contribution < -0.4 is 9.64 Å². The van der Waals surface area contributed by atoms with E-state index in [-0.39, 0.29) is 18.3 Å². The molecule has 2 aromatic carbocycles. The number of carbonyl (C=O) groups is 1. The second kappa shape index (κ2) is 12.3. The van der Waals surface area contributed by atoms with E-state index in [9.17, 15) is 4.79 Å². The van der Waals surface area contributed by atoms with E-state index in [0.717, 1.165) is 34.7 Å². The highest BCUT2D eigenvalue weighted by atomic mass is 35.5. The number of hydrogen-bond acceptors (Lipinski definition) is 6. The van der Waals surface area contributed by atoms with Gasteiger partial charge in [0.1, 0.15) is 11.3 Å². The van der Waals surface area contributed by atoms with Crippen molar-refractivity contribution in [1.82, 2.24) is 9.88 Å². The first-order valence-electron chi connectivity index (χ1n) is 10.2. The minimum atomic E-state index is -0.0150. The molecular weight excluding hydrogens is 450 g/mol. The number of nitrogens with zero attached hydrogens (tertiary/aromatic N) is 3. The third kappa shape index (κ3) is 6.59. The van der Waals surface area contributed by atoms with Crippen molar-refractivity contribution in [1.29, 1.82) is 0 Å². The summed E-state index contributed by atoms with van der Waals surface area (Å²) >= 11 is 3.31. The first kappa shape index (κ1) is 25.5. The highest BCUT2D eigenvalue weighted by Crippen LogP contribution is 2.35. The van der Waals surface area contributed by atoms with E-state index in [0.29, 0.717) is 23.8 Å². The van der Waals surface area contributed by atoms with Crippen LogP contribution in [-0.2, 0) is 0 Å². The molecule has 3 aromatic rings. The number of benzene rings is 2. The second-order valence-corrected chi connectivity index (χ2v) is 9.45. The molecule has 5 nitrogen and oxygen atoms in total. The lowest BCUT2D eigenvalue weighted by atomic mass is 10.2. The summed E-state index contributed by atoms with van der Waals surface area (Å²) in [5, 5.41) is 0.716. The summed E-state index contributed by atoms with van der Waals surface area (Å²) in [6, 6.07) is 13.8. The molecule has 0 N–H and O–H groups in total. The van der Waals surface area contributed by atoms with Gasteiger partial charge in [-0.3, -0.25) is 9.69 Å². The van der Waals surface area contributed by atoms with E-state index in [1.165, 1.54) is 16.2 Å². The monoisotopic (exact) mass is 479 g/mol. The Morgan fingerprint density at radius 2 is 1.84 bits per heavy atom. The second-order valence-electron chi connectivity index (χ2n) is 7.10. The van der Waals surface area contributed by atoms with Crippen molar-refractivity contribution in [2.45, 2.75) is 25.2 Å². The van der Waals surface area contributed by atoms with Gasteiger partial charge in [-0.05, 0) is 76.1 Å². The van der Waals surface area contributed by atoms with E-state index >= 15 is 0 Å². The van der Waals surface area contributed by atoms with Crippen LogP contribution in [0, 0.1) is 0 Å². The molecule has 8 heteroatoms. The van der Waals surface area contributed by atoms with Gasteiger partial charge in [-0.15, -0.1) is 24.2 Å². The quantitative estimate of drug-likeness (QED) is 0.342. The largest absolute Gasteiger partial charge is 0.492 e. The van der Waals surface area contributed by atoms with Crippen LogP contribution in [-0.4, -0.2) is 55.3 Å². The molecule has 0 bridgehead atoms. The van der Waals surface area contributed by atoms with Gasteiger partial charge in [-0.2, -0.15) is 0 Å². The number of anilines is 1. The number of amides is 1. The van der Waals surface area contributed by atoms with Gasteiger partial charge in [0.2, 0.25) is 0 Å². The molecule has 0 saturated heterocycles. The molecule has 168 valence electrons. The number of ether oxygens (including phenoxy) is 1. The number of hydrogen-bond donors (Lipinski definition) is 0. The molecule has 1 aromatic heterocycles. The summed E-state index contributed by atoms with van der Waals surface area (Å²) < 4.78 is 6.76. The van der Waals surface area contributed by atoms with Crippen molar-refractivity contribution < 1.29 is 9.53 Å². The van der Waals surface area contributed by atoms with Crippen LogP contribution in [0.25, 0.3) is 10.2 Å². The molecular formula is C23H30ClN3O2S2. The summed E-state index contributed by atoms with van der Waals surface area (Å²) in [5.74, 6) is 1.76. The van der Waals surface area contributed by atoms with Gasteiger partial charge >= 0.3 is 0 Å². The topological polar surface area (TPSA) is 45.7 Å². The van der Waals surface area contributed by atoms with E-state index in [1.54, 1.807) is 11.8 Å². The fourth-order valence-corrected chi connectivity index (χ4v) is 4.81. The molecule has 0 aliphatic rings. The summed E-state index contributed by atoms with van der Waals surface area (Å²) in [6.07, 6.45) is 0.872. The first-order valence-corrected chi connectivity index (χ1v) is 12.1. The molecule has 0 unspecified atom stereocenters. The van der Waals surface area contributed by atoms with E-state index in [1.807, 2.05) is 68.4 Å². The fraction of sp³-hybridized carbons (Fsp3) is 0.391. The van der Waals surface area contributed by atoms with E-state index in [4.69, 9.17) is 9.72 Å². The number of thioether (sulfide) groups is 1. The molecule has 3 rings (SSSR count). The standard InChI is InChI=1S/C23H29N3O2S2.ClH/c1-5-28-19-9-7-10-20-21(19)24-23(30-20)26(16-8-15-25(3)4)22(27)17-11-13-18(14-12-17)29-6-2;/h7,9-14H,5-6,8,15-16H2,1-4H3;1H. The van der Waals surface area contributed by atoms with Crippen molar-refractivity contribution in [3.05, 3.63) is 48.0 Å². The number of fused-ring (bicyclic) bond motifs is 1. The van der Waals surface area contributed by atoms with Crippen molar-refractivity contribution in [3.63, 3.8) is 0 Å². The molecule has 31 heavy (non-hydrogen) atoms. The molecule has 0 radical (unpaired) electrons. The third-order valence-electron chi connectivity index (χ3n) is 4.55. The molecule has 0 fully saturated rings. The molecule has 0 aliphatic carbocycles. The van der Waals surface area contributed by atoms with Gasteiger partial charge in [0.25, 0.3) is 5.91 Å². The maximum absolute atomic E-state index is 13.4. The highest BCUT2D eigenvalue weighted by molar-refractivity contribution is 7.99. The van der Waals surface area contributed by atoms with Crippen LogP contribution in [0.3, 0.4) is 0 Å². The van der Waals surface area contributed by atoms with E-state index < -0.39 is 0 Å². The lowest BCUT2D eigenvalue weighted by Crippen LogP contribution is -2.33. The Kier molecular flexibility index (Phi) is 10.1. The van der Waals surface area contributed by atoms with Crippen LogP contribution in [0.4, 0.5) is 5.13 Å². The Morgan fingerprint density at radius 3 is 2.48 bits per heavy atom. The number of aromatic nitrogens is 1. The SMILES string of the molecule is CCOc1cccc2sc(N(CCCN(C)C)C(=O)c3ccc(SCC)cc3)nc12.Cl. The molecule has 0 aliphatic heterocycles. The van der Waals surface area contributed by atoms with Gasteiger partial charge in [0, 0.05) is 17.0 Å². The van der Waals surface area contributed by atoms with Gasteiger partial charge in [-0.1, -0.05) is 24.3 Å². The molecule has 0 saturated carbocycles. The zero-order chi connectivity index (χ0) is 21.5. The molecule has 0 spiro atoms. The average Bonchev–Trinajstić information content (AvgIpc) is 3.16. The van der Waals surface area contributed by atoms with Crippen molar-refractivity contribution in [2.75, 3.05) is 44.4 Å². The van der Waals surface area contributed by atoms with Crippen LogP contribution in [0.1, 0.15) is 30.6 Å². The van der Waals surface area contributed by atoms with Crippen molar-refractivity contribution in [3.8, 4) is 5.75 Å². The summed E-state index contributed by atoms with van der Waals surface area (Å²) in [7, 11) is 4.09. The van der Waals surface area contributed by atoms with E-state index in [2.05, 4.69) is 11.8 Å².